The predicted octanol–water partition coefficient (Wildman–Crippen LogP) is 10.7. The van der Waals surface area contributed by atoms with Crippen molar-refractivity contribution in [1.82, 2.24) is 0 Å². The van der Waals surface area contributed by atoms with Crippen molar-refractivity contribution >= 4 is 11.7 Å². The molecule has 3 nitrogen and oxygen atoms in total. The van der Waals surface area contributed by atoms with Crippen molar-refractivity contribution in [3.05, 3.63) is 53.8 Å². The summed E-state index contributed by atoms with van der Waals surface area (Å²) in [5, 5.41) is 0. The molecule has 5 heteroatoms. The minimum Gasteiger partial charge on any atom is -0.460 e. The van der Waals surface area contributed by atoms with Gasteiger partial charge in [0.05, 0.1) is 0 Å². The summed E-state index contributed by atoms with van der Waals surface area (Å²) in [5.74, 6) is 0.387. The third kappa shape index (κ3) is 22.7. The van der Waals surface area contributed by atoms with Gasteiger partial charge in [-0.15, -0.1) is 0 Å². The normalized spacial score (nSPS) is 12.4. The molecule has 0 aromatic heterocycles. The largest absolute Gasteiger partial charge is 0.460 e. The van der Waals surface area contributed by atoms with Crippen LogP contribution in [0, 0.1) is 5.92 Å². The monoisotopic (exact) mass is 523 g/mol. The lowest BCUT2D eigenvalue weighted by molar-refractivity contribution is -0.155. The maximum atomic E-state index is 12.4. The summed E-state index contributed by atoms with van der Waals surface area (Å²) in [7, 11) is 1.90. The average molecular weight is 524 g/mol. The van der Waals surface area contributed by atoms with Crippen molar-refractivity contribution < 1.29 is 18.3 Å². The molecule has 1 aromatic carbocycles. The summed E-state index contributed by atoms with van der Waals surface area (Å²) in [6, 6.07) is 6.31. The van der Waals surface area contributed by atoms with Gasteiger partial charge >= 0.3 is 5.97 Å². The first-order valence-corrected chi connectivity index (χ1v) is 14.0. The number of benzene rings is 1. The molecule has 0 saturated carbocycles. The lowest BCUT2D eigenvalue weighted by atomic mass is 10.00. The zero-order valence-electron chi connectivity index (χ0n) is 25.4. The van der Waals surface area contributed by atoms with E-state index in [4.69, 9.17) is 4.74 Å². The first-order chi connectivity index (χ1) is 17.3. The fourth-order valence-electron chi connectivity index (χ4n) is 3.07. The number of rotatable bonds is 12. The van der Waals surface area contributed by atoms with Crippen molar-refractivity contribution in [3.8, 4) is 0 Å². The highest BCUT2D eigenvalue weighted by Crippen LogP contribution is 2.22. The van der Waals surface area contributed by atoms with Crippen LogP contribution in [0.5, 0.6) is 0 Å². The molecule has 0 fully saturated rings. The van der Waals surface area contributed by atoms with Crippen LogP contribution in [0.15, 0.2) is 48.2 Å². The van der Waals surface area contributed by atoms with Crippen molar-refractivity contribution in [2.75, 3.05) is 11.9 Å². The Morgan fingerprint density at radius 1 is 1.00 bits per heavy atom. The van der Waals surface area contributed by atoms with E-state index in [-0.39, 0.29) is 17.1 Å². The number of allylic oxidation sites excluding steroid dienone is 3. The second-order valence-electron chi connectivity index (χ2n) is 10.6. The molecule has 0 radical (unpaired) electrons. The van der Waals surface area contributed by atoms with E-state index in [1.807, 2.05) is 51.9 Å². The highest BCUT2D eigenvalue weighted by Gasteiger charge is 2.18. The molecular formula is C32H55F2NO2. The highest BCUT2D eigenvalue weighted by molar-refractivity contribution is 5.70. The van der Waals surface area contributed by atoms with Gasteiger partial charge in [-0.3, -0.25) is 4.79 Å². The predicted molar refractivity (Wildman–Crippen MR) is 157 cm³/mol. The third-order valence-electron chi connectivity index (χ3n) is 5.38. The molecule has 1 aromatic rings. The van der Waals surface area contributed by atoms with Crippen LogP contribution in [0.3, 0.4) is 0 Å². The Morgan fingerprint density at radius 2 is 1.57 bits per heavy atom. The number of halogens is 2. The molecule has 214 valence electrons. The number of carbonyl (C=O) groups excluding carboxylic acids is 1. The Balaban J connectivity index is 0. The van der Waals surface area contributed by atoms with Crippen LogP contribution in [-0.2, 0) is 9.53 Å². The molecule has 0 aliphatic rings. The van der Waals surface area contributed by atoms with Crippen LogP contribution in [0.25, 0.3) is 0 Å². The minimum atomic E-state index is -2.41. The zero-order chi connectivity index (χ0) is 28.9. The number of anilines is 1. The number of hydrogen-bond donors (Lipinski definition) is 0. The summed E-state index contributed by atoms with van der Waals surface area (Å²) in [6.45, 7) is 18.5. The number of esters is 1. The molecule has 0 aliphatic carbocycles. The number of nitrogens with zero attached hydrogens (tertiary/aromatic N) is 1. The molecule has 0 heterocycles. The zero-order valence-corrected chi connectivity index (χ0v) is 25.4. The number of unbranched alkanes of at least 4 members (excludes halogenated alkanes) is 3. The Morgan fingerprint density at radius 3 is 2.00 bits per heavy atom. The van der Waals surface area contributed by atoms with Crippen LogP contribution in [-0.4, -0.2) is 18.6 Å². The standard InChI is InChI=1S/C15H19F2N.C13H26O2.C4H10/c1-4-5-12(2)10-11-18(3)14-8-6-13(7-9-14)15(16)17;1-6-7-8-9-11(2)10-12(14)15-13(3,4)5;1-3-4-2/h5-11,15H,4H2,1-3H3;11H,6-10H2,1-5H3;3-4H2,1-2H3/b11-10-,12-5-;;. The van der Waals surface area contributed by atoms with Gasteiger partial charge in [-0.2, -0.15) is 0 Å². The summed E-state index contributed by atoms with van der Waals surface area (Å²) >= 11 is 0. The fourth-order valence-corrected chi connectivity index (χ4v) is 3.07. The van der Waals surface area contributed by atoms with Crippen LogP contribution in [0.4, 0.5) is 14.5 Å². The highest BCUT2D eigenvalue weighted by atomic mass is 19.3. The van der Waals surface area contributed by atoms with Crippen LogP contribution in [0.1, 0.15) is 126 Å². The van der Waals surface area contributed by atoms with Crippen molar-refractivity contribution in [2.24, 2.45) is 5.92 Å². The topological polar surface area (TPSA) is 29.5 Å². The molecular weight excluding hydrogens is 468 g/mol. The summed E-state index contributed by atoms with van der Waals surface area (Å²) in [4.78, 5) is 13.4. The molecule has 0 saturated heterocycles. The van der Waals surface area contributed by atoms with Crippen LogP contribution in [0.2, 0.25) is 0 Å². The van der Waals surface area contributed by atoms with Crippen LogP contribution < -0.4 is 4.90 Å². The van der Waals surface area contributed by atoms with Gasteiger partial charge in [0, 0.05) is 30.9 Å². The van der Waals surface area contributed by atoms with Crippen molar-refractivity contribution in [3.63, 3.8) is 0 Å². The SMILES string of the molecule is CC/C=C(C)\C=C/N(C)c1ccc(C(F)F)cc1.CCCC.CCCCCC(C)CC(=O)OC(C)(C)C. The van der Waals surface area contributed by atoms with Gasteiger partial charge in [-0.25, -0.2) is 8.78 Å². The quantitative estimate of drug-likeness (QED) is 0.155. The molecule has 1 atom stereocenters. The molecule has 0 bridgehead atoms. The van der Waals surface area contributed by atoms with Gasteiger partial charge in [0.2, 0.25) is 0 Å². The second-order valence-corrected chi connectivity index (χ2v) is 10.6. The van der Waals surface area contributed by atoms with Gasteiger partial charge in [-0.05, 0) is 58.2 Å². The van der Waals surface area contributed by atoms with Crippen LogP contribution >= 0.6 is 0 Å². The maximum Gasteiger partial charge on any atom is 0.306 e. The summed E-state index contributed by atoms with van der Waals surface area (Å²) in [5.41, 5.74) is 1.78. The van der Waals surface area contributed by atoms with E-state index in [1.54, 1.807) is 12.1 Å². The van der Waals surface area contributed by atoms with E-state index in [2.05, 4.69) is 40.7 Å². The Labute approximate surface area is 227 Å². The summed E-state index contributed by atoms with van der Waals surface area (Å²) in [6.07, 6.45) is 12.7. The third-order valence-corrected chi connectivity index (χ3v) is 5.38. The molecule has 1 unspecified atom stereocenters. The number of carbonyl (C=O) groups is 1. The molecule has 37 heavy (non-hydrogen) atoms. The number of ether oxygens (including phenoxy) is 1. The lowest BCUT2D eigenvalue weighted by Crippen LogP contribution is -2.24. The number of alkyl halides is 2. The lowest BCUT2D eigenvalue weighted by Gasteiger charge is -2.20. The number of hydrogen-bond acceptors (Lipinski definition) is 3. The van der Waals surface area contributed by atoms with Gasteiger partial charge in [0.1, 0.15) is 5.60 Å². The van der Waals surface area contributed by atoms with E-state index in [1.165, 1.54) is 49.8 Å². The fraction of sp³-hybridized carbons (Fsp3) is 0.656. The van der Waals surface area contributed by atoms with E-state index >= 15 is 0 Å². The minimum absolute atomic E-state index is 0.0539. The Bertz CT molecular complexity index is 747. The molecule has 0 spiro atoms. The summed E-state index contributed by atoms with van der Waals surface area (Å²) < 4.78 is 30.1. The van der Waals surface area contributed by atoms with E-state index in [9.17, 15) is 13.6 Å². The second kappa shape index (κ2) is 21.9. The molecule has 0 aliphatic heterocycles. The van der Waals surface area contributed by atoms with Crippen molar-refractivity contribution in [2.45, 2.75) is 126 Å². The average Bonchev–Trinajstić information content (AvgIpc) is 2.82. The first-order valence-electron chi connectivity index (χ1n) is 14.0. The maximum absolute atomic E-state index is 12.4. The van der Waals surface area contributed by atoms with E-state index < -0.39 is 6.43 Å². The van der Waals surface area contributed by atoms with E-state index in [0.717, 1.165) is 18.5 Å². The molecule has 1 rings (SSSR count). The Kier molecular flexibility index (Phi) is 21.9. The van der Waals surface area contributed by atoms with Gasteiger partial charge in [0.25, 0.3) is 6.43 Å². The molecule has 0 N–H and O–H groups in total. The smallest absolute Gasteiger partial charge is 0.306 e. The molecule has 0 amide bonds. The first kappa shape index (κ1) is 37.0. The Hall–Kier alpha value is -2.17. The van der Waals surface area contributed by atoms with Gasteiger partial charge in [0.15, 0.2) is 0 Å². The van der Waals surface area contributed by atoms with Gasteiger partial charge in [-0.1, -0.05) is 96.9 Å². The van der Waals surface area contributed by atoms with E-state index in [0.29, 0.717) is 12.3 Å². The van der Waals surface area contributed by atoms with Crippen molar-refractivity contribution in [1.29, 1.82) is 0 Å². The van der Waals surface area contributed by atoms with Gasteiger partial charge < -0.3 is 9.64 Å².